The summed E-state index contributed by atoms with van der Waals surface area (Å²) in [5.41, 5.74) is 7.41. The summed E-state index contributed by atoms with van der Waals surface area (Å²) in [6, 6.07) is 31.4. The molecule has 0 aliphatic carbocycles. The van der Waals surface area contributed by atoms with Gasteiger partial charge in [-0.25, -0.2) is 4.98 Å². The van der Waals surface area contributed by atoms with Crippen LogP contribution in [0.15, 0.2) is 91.0 Å². The van der Waals surface area contributed by atoms with E-state index >= 15 is 0 Å². The number of hydrogen-bond donors (Lipinski definition) is 1. The van der Waals surface area contributed by atoms with Crippen LogP contribution in [0.3, 0.4) is 0 Å². The van der Waals surface area contributed by atoms with Crippen LogP contribution in [0.25, 0.3) is 28.0 Å². The van der Waals surface area contributed by atoms with E-state index in [4.69, 9.17) is 14.8 Å². The zero-order valence-corrected chi connectivity index (χ0v) is 20.7. The summed E-state index contributed by atoms with van der Waals surface area (Å²) in [7, 11) is 1.75. The number of rotatable bonds is 5. The van der Waals surface area contributed by atoms with Crippen LogP contribution in [0.1, 0.15) is 5.69 Å². The molecule has 6 nitrogen and oxygen atoms in total. The lowest BCUT2D eigenvalue weighted by Crippen LogP contribution is -3.10. The van der Waals surface area contributed by atoms with Crippen molar-refractivity contribution in [2.75, 3.05) is 38.2 Å². The molecule has 1 fully saturated rings. The van der Waals surface area contributed by atoms with Crippen LogP contribution in [-0.2, 0) is 0 Å². The van der Waals surface area contributed by atoms with E-state index in [1.807, 2.05) is 28.8 Å². The Hall–Kier alpha value is -4.16. The standard InChI is InChI=1S/C30H29N5O/c1-22-29(24-13-7-4-8-14-24)30-31-25(23-11-5-3-6-12-23)21-28(35(30)32-22)34-19-17-33(18-20-34)26-15-9-10-16-27(26)36-2/h3-16,21H,17-20H2,1-2H3/p+1. The van der Waals surface area contributed by atoms with E-state index in [0.717, 1.165) is 71.5 Å². The van der Waals surface area contributed by atoms with Crippen molar-refractivity contribution in [1.82, 2.24) is 14.6 Å². The minimum Gasteiger partial charge on any atom is -0.491 e. The van der Waals surface area contributed by atoms with Crippen molar-refractivity contribution in [3.8, 4) is 28.1 Å². The van der Waals surface area contributed by atoms with Gasteiger partial charge in [0.1, 0.15) is 5.82 Å². The molecule has 5 aromatic rings. The van der Waals surface area contributed by atoms with Crippen molar-refractivity contribution < 1.29 is 9.64 Å². The molecule has 2 aromatic heterocycles. The van der Waals surface area contributed by atoms with Gasteiger partial charge in [0.05, 0.1) is 44.7 Å². The quantitative estimate of drug-likeness (QED) is 0.408. The van der Waals surface area contributed by atoms with E-state index in [-0.39, 0.29) is 0 Å². The molecular weight excluding hydrogens is 446 g/mol. The van der Waals surface area contributed by atoms with Crippen LogP contribution >= 0.6 is 0 Å². The van der Waals surface area contributed by atoms with Crippen LogP contribution in [0.4, 0.5) is 11.5 Å². The van der Waals surface area contributed by atoms with Gasteiger partial charge in [0.2, 0.25) is 0 Å². The number of hydrogen-bond acceptors (Lipinski definition) is 4. The van der Waals surface area contributed by atoms with Gasteiger partial charge < -0.3 is 9.64 Å². The number of nitrogens with one attached hydrogen (secondary N) is 1. The van der Waals surface area contributed by atoms with Crippen molar-refractivity contribution in [1.29, 1.82) is 0 Å². The molecule has 0 amide bonds. The lowest BCUT2D eigenvalue weighted by atomic mass is 10.1. The molecule has 0 atom stereocenters. The highest BCUT2D eigenvalue weighted by Gasteiger charge is 2.27. The second-order valence-electron chi connectivity index (χ2n) is 9.22. The number of anilines is 1. The number of nitrogens with zero attached hydrogens (tertiary/aromatic N) is 4. The minimum absolute atomic E-state index is 0.898. The molecule has 180 valence electrons. The third kappa shape index (κ3) is 3.99. The van der Waals surface area contributed by atoms with Gasteiger partial charge in [-0.15, -0.1) is 0 Å². The maximum atomic E-state index is 5.63. The Balaban J connectivity index is 1.42. The lowest BCUT2D eigenvalue weighted by molar-refractivity contribution is -0.833. The monoisotopic (exact) mass is 476 g/mol. The molecule has 0 bridgehead atoms. The summed E-state index contributed by atoms with van der Waals surface area (Å²) in [6.07, 6.45) is 0. The fourth-order valence-electron chi connectivity index (χ4n) is 5.24. The maximum Gasteiger partial charge on any atom is 0.179 e. The number of piperazine rings is 1. The Labute approximate surface area is 211 Å². The molecule has 3 heterocycles. The van der Waals surface area contributed by atoms with E-state index in [2.05, 4.69) is 78.6 Å². The largest absolute Gasteiger partial charge is 0.491 e. The molecule has 1 saturated heterocycles. The van der Waals surface area contributed by atoms with Gasteiger partial charge >= 0.3 is 0 Å². The molecular formula is C30H30N5O+. The van der Waals surface area contributed by atoms with Crippen LogP contribution < -0.4 is 14.5 Å². The SMILES string of the molecule is COc1ccccc1[NH+]1CCN(c2cc(-c3ccccc3)nc3c(-c4ccccc4)c(C)nn23)CC1. The molecule has 6 heteroatoms. The number of aromatic nitrogens is 3. The highest BCUT2D eigenvalue weighted by Crippen LogP contribution is 2.32. The fourth-order valence-corrected chi connectivity index (χ4v) is 5.24. The second kappa shape index (κ2) is 9.47. The van der Waals surface area contributed by atoms with Gasteiger partial charge in [-0.05, 0) is 18.6 Å². The average molecular weight is 477 g/mol. The van der Waals surface area contributed by atoms with Gasteiger partial charge in [-0.1, -0.05) is 72.8 Å². The zero-order valence-electron chi connectivity index (χ0n) is 20.7. The number of para-hydroxylation sites is 2. The van der Waals surface area contributed by atoms with Gasteiger partial charge in [0, 0.05) is 23.3 Å². The van der Waals surface area contributed by atoms with E-state index in [1.54, 1.807) is 7.11 Å². The van der Waals surface area contributed by atoms with Crippen LogP contribution in [-0.4, -0.2) is 47.9 Å². The van der Waals surface area contributed by atoms with Gasteiger partial charge in [0.15, 0.2) is 17.1 Å². The van der Waals surface area contributed by atoms with Crippen molar-refractivity contribution in [3.63, 3.8) is 0 Å². The lowest BCUT2D eigenvalue weighted by Gasteiger charge is -2.33. The Morgan fingerprint density at radius 1 is 0.806 bits per heavy atom. The fraction of sp³-hybridized carbons (Fsp3) is 0.200. The van der Waals surface area contributed by atoms with Crippen LogP contribution in [0.5, 0.6) is 5.75 Å². The predicted molar refractivity (Wildman–Crippen MR) is 144 cm³/mol. The molecule has 0 saturated carbocycles. The number of aryl methyl sites for hydroxylation is 1. The molecule has 0 spiro atoms. The average Bonchev–Trinajstić information content (AvgIpc) is 3.29. The van der Waals surface area contributed by atoms with Gasteiger partial charge in [-0.3, -0.25) is 4.90 Å². The second-order valence-corrected chi connectivity index (χ2v) is 9.22. The van der Waals surface area contributed by atoms with Gasteiger partial charge in [0.25, 0.3) is 0 Å². The van der Waals surface area contributed by atoms with E-state index in [1.165, 1.54) is 10.6 Å². The Bertz CT molecular complexity index is 1490. The summed E-state index contributed by atoms with van der Waals surface area (Å²) in [5.74, 6) is 2.04. The van der Waals surface area contributed by atoms with Crippen LogP contribution in [0.2, 0.25) is 0 Å². The molecule has 0 unspecified atom stereocenters. The Morgan fingerprint density at radius 2 is 1.44 bits per heavy atom. The first kappa shape index (κ1) is 22.3. The smallest absolute Gasteiger partial charge is 0.179 e. The number of ether oxygens (including phenoxy) is 1. The number of fused-ring (bicyclic) bond motifs is 1. The summed E-state index contributed by atoms with van der Waals surface area (Å²) < 4.78 is 7.67. The molecule has 6 rings (SSSR count). The van der Waals surface area contributed by atoms with E-state index in [9.17, 15) is 0 Å². The van der Waals surface area contributed by atoms with Crippen molar-refractivity contribution in [3.05, 3.63) is 96.7 Å². The third-order valence-corrected chi connectivity index (χ3v) is 7.06. The normalized spacial score (nSPS) is 14.3. The first-order valence-corrected chi connectivity index (χ1v) is 12.5. The minimum atomic E-state index is 0.898. The Kier molecular flexibility index (Phi) is 5.87. The van der Waals surface area contributed by atoms with Gasteiger partial charge in [-0.2, -0.15) is 9.61 Å². The predicted octanol–water partition coefficient (Wildman–Crippen LogP) is 4.42. The van der Waals surface area contributed by atoms with E-state index in [0.29, 0.717) is 0 Å². The van der Waals surface area contributed by atoms with Crippen molar-refractivity contribution in [2.45, 2.75) is 6.92 Å². The molecule has 36 heavy (non-hydrogen) atoms. The van der Waals surface area contributed by atoms with Crippen molar-refractivity contribution in [2.24, 2.45) is 0 Å². The summed E-state index contributed by atoms with van der Waals surface area (Å²) in [5, 5.41) is 4.99. The summed E-state index contributed by atoms with van der Waals surface area (Å²) >= 11 is 0. The number of benzene rings is 3. The molecule has 3 aromatic carbocycles. The highest BCUT2D eigenvalue weighted by atomic mass is 16.5. The topological polar surface area (TPSA) is 47.1 Å². The highest BCUT2D eigenvalue weighted by molar-refractivity contribution is 5.82. The van der Waals surface area contributed by atoms with Crippen molar-refractivity contribution >= 4 is 17.2 Å². The molecule has 0 radical (unpaired) electrons. The summed E-state index contributed by atoms with van der Waals surface area (Å²) in [6.45, 7) is 5.88. The molecule has 1 aliphatic heterocycles. The van der Waals surface area contributed by atoms with Crippen LogP contribution in [0, 0.1) is 6.92 Å². The zero-order chi connectivity index (χ0) is 24.5. The Morgan fingerprint density at radius 3 is 2.14 bits per heavy atom. The number of methoxy groups -OCH3 is 1. The molecule has 1 N–H and O–H groups in total. The first-order chi connectivity index (χ1) is 17.7. The molecule has 1 aliphatic rings. The maximum absolute atomic E-state index is 5.63. The third-order valence-electron chi connectivity index (χ3n) is 7.06. The number of quaternary nitrogens is 1. The van der Waals surface area contributed by atoms with E-state index < -0.39 is 0 Å². The first-order valence-electron chi connectivity index (χ1n) is 12.5. The summed E-state index contributed by atoms with van der Waals surface area (Å²) in [4.78, 5) is 9.02.